The lowest BCUT2D eigenvalue weighted by Gasteiger charge is -2.34. The van der Waals surface area contributed by atoms with Crippen molar-refractivity contribution in [3.63, 3.8) is 0 Å². The van der Waals surface area contributed by atoms with Gasteiger partial charge in [0, 0.05) is 49.5 Å². The van der Waals surface area contributed by atoms with E-state index in [-0.39, 0.29) is 24.7 Å². The Balaban J connectivity index is 1.37. The normalized spacial score (nSPS) is 14.9. The van der Waals surface area contributed by atoms with E-state index in [0.717, 1.165) is 22.0 Å². The van der Waals surface area contributed by atoms with Crippen molar-refractivity contribution < 1.29 is 13.2 Å². The predicted octanol–water partition coefficient (Wildman–Crippen LogP) is 3.58. The molecule has 0 unspecified atom stereocenters. The molecule has 2 aromatic heterocycles. The highest BCUT2D eigenvalue weighted by atomic mass is 32.2. The molecule has 1 amide bonds. The molecule has 8 heteroatoms. The molecule has 7 nitrogen and oxygen atoms in total. The Bertz CT molecular complexity index is 1420. The third-order valence-corrected chi connectivity index (χ3v) is 7.88. The number of benzene rings is 2. The van der Waals surface area contributed by atoms with E-state index in [4.69, 9.17) is 4.98 Å². The molecular formula is C26H24N4O3S. The topological polar surface area (TPSA) is 83.5 Å². The zero-order chi connectivity index (χ0) is 23.5. The largest absolute Gasteiger partial charge is 0.336 e. The summed E-state index contributed by atoms with van der Waals surface area (Å²) in [5.74, 6) is -0.152. The van der Waals surface area contributed by atoms with Crippen molar-refractivity contribution >= 4 is 26.8 Å². The number of carbonyl (C=O) groups excluding carboxylic acids is 1. The highest BCUT2D eigenvalue weighted by Gasteiger charge is 2.30. The van der Waals surface area contributed by atoms with Gasteiger partial charge in [0.15, 0.2) is 0 Å². The van der Waals surface area contributed by atoms with Crippen molar-refractivity contribution in [2.24, 2.45) is 0 Å². The predicted molar refractivity (Wildman–Crippen MR) is 132 cm³/mol. The van der Waals surface area contributed by atoms with E-state index in [9.17, 15) is 13.2 Å². The first-order valence-corrected chi connectivity index (χ1v) is 12.7. The van der Waals surface area contributed by atoms with Crippen LogP contribution in [0.5, 0.6) is 0 Å². The van der Waals surface area contributed by atoms with E-state index in [1.165, 1.54) is 4.31 Å². The smallest absolute Gasteiger partial charge is 0.254 e. The summed E-state index contributed by atoms with van der Waals surface area (Å²) < 4.78 is 27.3. The molecule has 0 N–H and O–H groups in total. The summed E-state index contributed by atoms with van der Waals surface area (Å²) in [5.41, 5.74) is 3.65. The number of pyridine rings is 2. The number of sulfonamides is 1. The highest BCUT2D eigenvalue weighted by molar-refractivity contribution is 7.88. The Hall–Kier alpha value is -3.62. The first kappa shape index (κ1) is 22.2. The maximum Gasteiger partial charge on any atom is 0.254 e. The summed E-state index contributed by atoms with van der Waals surface area (Å²) in [6.07, 6.45) is 3.39. The van der Waals surface area contributed by atoms with Crippen LogP contribution in [-0.2, 0) is 15.8 Å². The molecule has 0 bridgehead atoms. The molecule has 5 rings (SSSR count). The standard InChI is InChI=1S/C26H24N4O3S/c31-26(29-14-16-30(17-15-29)34(32,33)19-20-6-2-1-3-7-20)23-18-25(21-10-12-27-13-11-21)28-24-9-5-4-8-22(23)24/h1-13,18H,14-17,19H2. The number of nitrogens with zero attached hydrogens (tertiary/aromatic N) is 4. The minimum absolute atomic E-state index is 0.0356. The van der Waals surface area contributed by atoms with Gasteiger partial charge >= 0.3 is 0 Å². The zero-order valence-electron chi connectivity index (χ0n) is 18.5. The van der Waals surface area contributed by atoms with Crippen LogP contribution < -0.4 is 0 Å². The van der Waals surface area contributed by atoms with Crippen LogP contribution in [0.25, 0.3) is 22.2 Å². The van der Waals surface area contributed by atoms with E-state index in [0.29, 0.717) is 24.3 Å². The van der Waals surface area contributed by atoms with Gasteiger partial charge in [-0.2, -0.15) is 4.31 Å². The Morgan fingerprint density at radius 3 is 2.26 bits per heavy atom. The second-order valence-electron chi connectivity index (χ2n) is 8.24. The third-order valence-electron chi connectivity index (χ3n) is 6.03. The Kier molecular flexibility index (Phi) is 6.08. The summed E-state index contributed by atoms with van der Waals surface area (Å²) in [7, 11) is -3.45. The number of hydrogen-bond donors (Lipinski definition) is 0. The maximum atomic E-state index is 13.6. The van der Waals surface area contributed by atoms with Gasteiger partial charge in [-0.15, -0.1) is 0 Å². The van der Waals surface area contributed by atoms with Gasteiger partial charge in [-0.3, -0.25) is 9.78 Å². The van der Waals surface area contributed by atoms with Crippen LogP contribution in [0.2, 0.25) is 0 Å². The summed E-state index contributed by atoms with van der Waals surface area (Å²) >= 11 is 0. The molecule has 34 heavy (non-hydrogen) atoms. The molecule has 1 aliphatic heterocycles. The fraction of sp³-hybridized carbons (Fsp3) is 0.192. The van der Waals surface area contributed by atoms with Gasteiger partial charge in [-0.1, -0.05) is 48.5 Å². The van der Waals surface area contributed by atoms with Crippen molar-refractivity contribution in [2.45, 2.75) is 5.75 Å². The monoisotopic (exact) mass is 472 g/mol. The molecule has 0 atom stereocenters. The molecule has 0 saturated carbocycles. The molecular weight excluding hydrogens is 448 g/mol. The zero-order valence-corrected chi connectivity index (χ0v) is 19.4. The second kappa shape index (κ2) is 9.32. The van der Waals surface area contributed by atoms with Crippen molar-refractivity contribution in [1.29, 1.82) is 0 Å². The van der Waals surface area contributed by atoms with Crippen molar-refractivity contribution in [3.05, 3.63) is 96.3 Å². The minimum atomic E-state index is -3.45. The van der Waals surface area contributed by atoms with E-state index in [1.54, 1.807) is 17.3 Å². The number of fused-ring (bicyclic) bond motifs is 1. The first-order chi connectivity index (χ1) is 16.5. The van der Waals surface area contributed by atoms with E-state index < -0.39 is 10.0 Å². The molecule has 4 aromatic rings. The fourth-order valence-electron chi connectivity index (χ4n) is 4.24. The van der Waals surface area contributed by atoms with Gasteiger partial charge in [0.1, 0.15) is 0 Å². The van der Waals surface area contributed by atoms with Crippen LogP contribution in [0.15, 0.2) is 85.2 Å². The Morgan fingerprint density at radius 2 is 1.53 bits per heavy atom. The maximum absolute atomic E-state index is 13.6. The lowest BCUT2D eigenvalue weighted by Crippen LogP contribution is -2.50. The summed E-state index contributed by atoms with van der Waals surface area (Å²) in [6, 6.07) is 22.3. The second-order valence-corrected chi connectivity index (χ2v) is 10.2. The van der Waals surface area contributed by atoms with Crippen LogP contribution in [0.4, 0.5) is 0 Å². The van der Waals surface area contributed by atoms with Gasteiger partial charge in [-0.05, 0) is 29.8 Å². The number of hydrogen-bond acceptors (Lipinski definition) is 5. The summed E-state index contributed by atoms with van der Waals surface area (Å²) in [5, 5.41) is 0.782. The minimum Gasteiger partial charge on any atom is -0.336 e. The van der Waals surface area contributed by atoms with Crippen molar-refractivity contribution in [2.75, 3.05) is 26.2 Å². The highest BCUT2D eigenvalue weighted by Crippen LogP contribution is 2.26. The molecule has 1 fully saturated rings. The van der Waals surface area contributed by atoms with Crippen LogP contribution >= 0.6 is 0 Å². The molecule has 172 valence electrons. The number of amides is 1. The van der Waals surface area contributed by atoms with Crippen LogP contribution in [0.3, 0.4) is 0 Å². The molecule has 2 aromatic carbocycles. The van der Waals surface area contributed by atoms with Crippen molar-refractivity contribution in [3.8, 4) is 11.3 Å². The lowest BCUT2D eigenvalue weighted by molar-refractivity contribution is 0.0699. The third kappa shape index (κ3) is 4.55. The number of rotatable bonds is 5. The van der Waals surface area contributed by atoms with Gasteiger partial charge in [-0.25, -0.2) is 13.4 Å². The van der Waals surface area contributed by atoms with Gasteiger partial charge in [0.05, 0.1) is 22.5 Å². The summed E-state index contributed by atoms with van der Waals surface area (Å²) in [6.45, 7) is 1.24. The lowest BCUT2D eigenvalue weighted by atomic mass is 10.0. The summed E-state index contributed by atoms with van der Waals surface area (Å²) in [4.78, 5) is 24.1. The van der Waals surface area contributed by atoms with E-state index >= 15 is 0 Å². The van der Waals surface area contributed by atoms with Crippen LogP contribution in [0, 0.1) is 0 Å². The number of para-hydroxylation sites is 1. The molecule has 0 aliphatic carbocycles. The quantitative estimate of drug-likeness (QED) is 0.443. The number of piperazine rings is 1. The number of carbonyl (C=O) groups is 1. The molecule has 0 spiro atoms. The SMILES string of the molecule is O=C(c1cc(-c2ccncc2)nc2ccccc12)N1CCN(S(=O)(=O)Cc2ccccc2)CC1. The molecule has 3 heterocycles. The van der Waals surface area contributed by atoms with Crippen molar-refractivity contribution in [1.82, 2.24) is 19.2 Å². The molecule has 1 aliphatic rings. The molecule has 1 saturated heterocycles. The van der Waals surface area contributed by atoms with E-state index in [1.807, 2.05) is 72.8 Å². The number of aromatic nitrogens is 2. The van der Waals surface area contributed by atoms with E-state index in [2.05, 4.69) is 4.98 Å². The van der Waals surface area contributed by atoms with Crippen LogP contribution in [-0.4, -0.2) is 59.7 Å². The van der Waals surface area contributed by atoms with Gasteiger partial charge in [0.2, 0.25) is 10.0 Å². The average Bonchev–Trinajstić information content (AvgIpc) is 2.88. The fourth-order valence-corrected chi connectivity index (χ4v) is 5.75. The van der Waals surface area contributed by atoms with Crippen LogP contribution in [0.1, 0.15) is 15.9 Å². The van der Waals surface area contributed by atoms with Gasteiger partial charge < -0.3 is 4.90 Å². The average molecular weight is 473 g/mol. The Labute approximate surface area is 198 Å². The molecule has 0 radical (unpaired) electrons. The first-order valence-electron chi connectivity index (χ1n) is 11.1. The Morgan fingerprint density at radius 1 is 0.853 bits per heavy atom. The van der Waals surface area contributed by atoms with Gasteiger partial charge in [0.25, 0.3) is 5.91 Å².